The number of hydrogen-bond acceptors (Lipinski definition) is 0. The molecule has 0 amide bonds. The van der Waals surface area contributed by atoms with E-state index in [2.05, 4.69) is 27.7 Å². The second-order valence-corrected chi connectivity index (χ2v) is 2.10. The van der Waals surface area contributed by atoms with Crippen molar-refractivity contribution < 1.29 is 0 Å². The monoisotopic (exact) mass is 97.1 g/mol. The molecule has 0 aliphatic rings. The van der Waals surface area contributed by atoms with Gasteiger partial charge in [0.2, 0.25) is 0 Å². The number of rotatable bonds is 1. The highest BCUT2D eigenvalue weighted by molar-refractivity contribution is 5.01. The maximum Gasteiger partial charge on any atom is -0.0263 e. The molecule has 0 aromatic carbocycles. The first-order chi connectivity index (χ1) is 3.18. The first-order valence-corrected chi connectivity index (χ1v) is 2.64. The lowest BCUT2D eigenvalue weighted by molar-refractivity contribution is 0.769. The van der Waals surface area contributed by atoms with Crippen LogP contribution in [0.2, 0.25) is 0 Å². The maximum atomic E-state index is 3.64. The van der Waals surface area contributed by atoms with E-state index < -0.39 is 0 Å². The van der Waals surface area contributed by atoms with Crippen molar-refractivity contribution in [1.82, 2.24) is 0 Å². The van der Waals surface area contributed by atoms with Crippen LogP contribution in [0.25, 0.3) is 0 Å². The van der Waals surface area contributed by atoms with Crippen molar-refractivity contribution >= 4 is 0 Å². The fourth-order valence-corrected chi connectivity index (χ4v) is 0.236. The summed E-state index contributed by atoms with van der Waals surface area (Å²) in [5, 5.41) is 0. The third kappa shape index (κ3) is 2.44. The first-order valence-electron chi connectivity index (χ1n) is 2.64. The minimum atomic E-state index is 0.664. The Labute approximate surface area is 46.2 Å². The van der Waals surface area contributed by atoms with Gasteiger partial charge in [0, 0.05) is 0 Å². The van der Waals surface area contributed by atoms with Crippen LogP contribution < -0.4 is 0 Å². The molecule has 0 unspecified atom stereocenters. The van der Waals surface area contributed by atoms with Gasteiger partial charge in [0.05, 0.1) is 0 Å². The predicted octanol–water partition coefficient (Wildman–Crippen LogP) is 2.42. The molecule has 0 nitrogen and oxygen atoms in total. The van der Waals surface area contributed by atoms with Crippen molar-refractivity contribution in [1.29, 1.82) is 0 Å². The summed E-state index contributed by atoms with van der Waals surface area (Å²) in [5.74, 6) is 0.664. The molecule has 0 rings (SSSR count). The van der Waals surface area contributed by atoms with Crippen LogP contribution in [0.4, 0.5) is 0 Å². The van der Waals surface area contributed by atoms with Crippen LogP contribution in [0.1, 0.15) is 20.8 Å². The molecular weight excluding hydrogens is 84.1 g/mol. The van der Waals surface area contributed by atoms with Crippen molar-refractivity contribution in [3.8, 4) is 0 Å². The van der Waals surface area contributed by atoms with Gasteiger partial charge >= 0.3 is 0 Å². The summed E-state index contributed by atoms with van der Waals surface area (Å²) < 4.78 is 0. The zero-order valence-corrected chi connectivity index (χ0v) is 5.36. The molecule has 0 spiro atoms. The van der Waals surface area contributed by atoms with Crippen molar-refractivity contribution in [2.45, 2.75) is 20.8 Å². The van der Waals surface area contributed by atoms with Crippen LogP contribution in [0.5, 0.6) is 0 Å². The Morgan fingerprint density at radius 1 is 1.57 bits per heavy atom. The van der Waals surface area contributed by atoms with Crippen LogP contribution in [0.15, 0.2) is 11.6 Å². The zero-order chi connectivity index (χ0) is 5.86. The molecule has 0 aromatic heterocycles. The smallest absolute Gasteiger partial charge is 0.0263 e. The number of hydrogen-bond donors (Lipinski definition) is 0. The molecule has 0 aliphatic carbocycles. The molecule has 0 atom stereocenters. The third-order valence-corrected chi connectivity index (χ3v) is 1.23. The Bertz CT molecular complexity index is 68.1. The second kappa shape index (κ2) is 2.84. The van der Waals surface area contributed by atoms with Gasteiger partial charge < -0.3 is 0 Å². The summed E-state index contributed by atoms with van der Waals surface area (Å²) in [6, 6.07) is 0. The van der Waals surface area contributed by atoms with E-state index in [-0.39, 0.29) is 0 Å². The SMILES string of the molecule is [CH2]/C=C(\C)C(C)C. The Kier molecular flexibility index (Phi) is 2.73. The Morgan fingerprint density at radius 3 is 2.00 bits per heavy atom. The summed E-state index contributed by atoms with van der Waals surface area (Å²) in [6.45, 7) is 10.1. The Hall–Kier alpha value is -0.260. The van der Waals surface area contributed by atoms with Crippen LogP contribution in [0, 0.1) is 12.8 Å². The minimum absolute atomic E-state index is 0.664. The molecule has 0 heteroatoms. The fraction of sp³-hybridized carbons (Fsp3) is 0.571. The molecule has 0 aromatic rings. The highest BCUT2D eigenvalue weighted by Crippen LogP contribution is 2.05. The second-order valence-electron chi connectivity index (χ2n) is 2.10. The van der Waals surface area contributed by atoms with Crippen molar-refractivity contribution in [3.63, 3.8) is 0 Å². The fourth-order valence-electron chi connectivity index (χ4n) is 0.236. The molecule has 0 fully saturated rings. The van der Waals surface area contributed by atoms with E-state index in [1.165, 1.54) is 5.57 Å². The first kappa shape index (κ1) is 6.74. The summed E-state index contributed by atoms with van der Waals surface area (Å²) in [6.07, 6.45) is 1.91. The molecule has 0 saturated carbocycles. The van der Waals surface area contributed by atoms with Gasteiger partial charge in [0.15, 0.2) is 0 Å². The molecule has 0 bridgehead atoms. The van der Waals surface area contributed by atoms with Crippen LogP contribution in [-0.4, -0.2) is 0 Å². The van der Waals surface area contributed by atoms with Gasteiger partial charge in [-0.2, -0.15) is 0 Å². The summed E-state index contributed by atoms with van der Waals surface area (Å²) in [5.41, 5.74) is 1.36. The van der Waals surface area contributed by atoms with E-state index >= 15 is 0 Å². The van der Waals surface area contributed by atoms with Crippen molar-refractivity contribution in [3.05, 3.63) is 18.6 Å². The number of allylic oxidation sites excluding steroid dienone is 2. The molecule has 0 saturated heterocycles. The lowest BCUT2D eigenvalue weighted by atomic mass is 10.1. The van der Waals surface area contributed by atoms with Crippen LogP contribution >= 0.6 is 0 Å². The van der Waals surface area contributed by atoms with Crippen molar-refractivity contribution in [2.75, 3.05) is 0 Å². The van der Waals surface area contributed by atoms with Crippen LogP contribution in [0.3, 0.4) is 0 Å². The van der Waals surface area contributed by atoms with E-state index in [0.717, 1.165) is 0 Å². The molecular formula is C7H13. The van der Waals surface area contributed by atoms with E-state index in [1.54, 1.807) is 0 Å². The van der Waals surface area contributed by atoms with Gasteiger partial charge in [0.25, 0.3) is 0 Å². The van der Waals surface area contributed by atoms with Gasteiger partial charge in [0.1, 0.15) is 0 Å². The Morgan fingerprint density at radius 2 is 2.00 bits per heavy atom. The molecule has 0 heterocycles. The lowest BCUT2D eigenvalue weighted by Gasteiger charge is -2.00. The summed E-state index contributed by atoms with van der Waals surface area (Å²) in [4.78, 5) is 0. The average molecular weight is 97.2 g/mol. The molecule has 41 valence electrons. The maximum absolute atomic E-state index is 3.64. The molecule has 0 aliphatic heterocycles. The average Bonchev–Trinajstić information content (AvgIpc) is 1.65. The van der Waals surface area contributed by atoms with E-state index in [0.29, 0.717) is 5.92 Å². The molecule has 1 radical (unpaired) electrons. The van der Waals surface area contributed by atoms with Gasteiger partial charge in [-0.15, -0.1) is 0 Å². The van der Waals surface area contributed by atoms with E-state index in [9.17, 15) is 0 Å². The highest BCUT2D eigenvalue weighted by atomic mass is 14.0. The topological polar surface area (TPSA) is 0 Å². The van der Waals surface area contributed by atoms with Gasteiger partial charge in [-0.1, -0.05) is 25.5 Å². The van der Waals surface area contributed by atoms with Gasteiger partial charge in [-0.05, 0) is 19.8 Å². The molecule has 7 heavy (non-hydrogen) atoms. The highest BCUT2D eigenvalue weighted by Gasteiger charge is 1.90. The standard InChI is InChI=1S/C7H13/c1-5-7(4)6(2)3/h5-6H,1H2,2-4H3/b7-5+. The van der Waals surface area contributed by atoms with E-state index in [1.807, 2.05) is 6.08 Å². The van der Waals surface area contributed by atoms with Crippen LogP contribution in [-0.2, 0) is 0 Å². The van der Waals surface area contributed by atoms with Crippen molar-refractivity contribution in [2.24, 2.45) is 5.92 Å². The minimum Gasteiger partial charge on any atom is -0.0850 e. The quantitative estimate of drug-likeness (QED) is 0.471. The summed E-state index contributed by atoms with van der Waals surface area (Å²) >= 11 is 0. The normalized spacial score (nSPS) is 13.0. The third-order valence-electron chi connectivity index (χ3n) is 1.23. The Balaban J connectivity index is 3.56. The lowest BCUT2D eigenvalue weighted by Crippen LogP contribution is -1.85. The largest absolute Gasteiger partial charge is 0.0850 e. The van der Waals surface area contributed by atoms with Gasteiger partial charge in [-0.3, -0.25) is 0 Å². The molecule has 0 N–H and O–H groups in total. The van der Waals surface area contributed by atoms with E-state index in [4.69, 9.17) is 0 Å². The predicted molar refractivity (Wildman–Crippen MR) is 34.0 cm³/mol. The zero-order valence-electron chi connectivity index (χ0n) is 5.36. The van der Waals surface area contributed by atoms with Gasteiger partial charge in [-0.25, -0.2) is 0 Å². The summed E-state index contributed by atoms with van der Waals surface area (Å²) in [7, 11) is 0.